The second-order valence-corrected chi connectivity index (χ2v) is 8.09. The predicted octanol–water partition coefficient (Wildman–Crippen LogP) is 2.69. The molecule has 0 bridgehead atoms. The van der Waals surface area contributed by atoms with Gasteiger partial charge in [-0.3, -0.25) is 14.5 Å². The van der Waals surface area contributed by atoms with E-state index >= 15 is 0 Å². The maximum Gasteiger partial charge on any atom is 0.262 e. The van der Waals surface area contributed by atoms with E-state index in [4.69, 9.17) is 14.5 Å². The van der Waals surface area contributed by atoms with Crippen LogP contribution >= 0.6 is 12.4 Å². The molecule has 0 spiro atoms. The lowest BCUT2D eigenvalue weighted by Crippen LogP contribution is -2.47. The fourth-order valence-corrected chi connectivity index (χ4v) is 3.91. The Balaban J connectivity index is 0.00000324. The van der Waals surface area contributed by atoms with Crippen LogP contribution in [-0.4, -0.2) is 71.1 Å². The van der Waals surface area contributed by atoms with E-state index in [1.54, 1.807) is 38.3 Å². The molecule has 2 aromatic carbocycles. The van der Waals surface area contributed by atoms with Crippen molar-refractivity contribution >= 4 is 40.9 Å². The molecule has 1 saturated heterocycles. The minimum atomic E-state index is -0.246. The SMILES string of the molecule is COc1ccc(OCC(=O)Nc2ccc3c(c2)nc(CN2CCN(C(C)=O)CC2)n3C)cc1.Cl. The number of imidazole rings is 1. The number of aromatic nitrogens is 2. The molecule has 0 unspecified atom stereocenters. The van der Waals surface area contributed by atoms with Gasteiger partial charge in [0.2, 0.25) is 5.91 Å². The molecule has 1 aromatic heterocycles. The lowest BCUT2D eigenvalue weighted by molar-refractivity contribution is -0.130. The third-order valence-electron chi connectivity index (χ3n) is 5.87. The molecule has 10 heteroatoms. The summed E-state index contributed by atoms with van der Waals surface area (Å²) in [6.45, 7) is 5.39. The lowest BCUT2D eigenvalue weighted by Gasteiger charge is -2.33. The van der Waals surface area contributed by atoms with Crippen molar-refractivity contribution in [3.63, 3.8) is 0 Å². The number of carbonyl (C=O) groups is 2. The number of ether oxygens (including phenoxy) is 2. The summed E-state index contributed by atoms with van der Waals surface area (Å²) in [7, 11) is 3.60. The number of hydrogen-bond acceptors (Lipinski definition) is 6. The van der Waals surface area contributed by atoms with Gasteiger partial charge >= 0.3 is 0 Å². The quantitative estimate of drug-likeness (QED) is 0.551. The van der Waals surface area contributed by atoms with E-state index in [1.807, 2.05) is 30.1 Å². The molecule has 1 aliphatic heterocycles. The van der Waals surface area contributed by atoms with Gasteiger partial charge in [0.05, 0.1) is 24.7 Å². The van der Waals surface area contributed by atoms with Crippen molar-refractivity contribution in [2.75, 3.05) is 45.2 Å². The van der Waals surface area contributed by atoms with Gasteiger partial charge in [0.1, 0.15) is 17.3 Å². The van der Waals surface area contributed by atoms with E-state index in [0.717, 1.165) is 48.8 Å². The first-order valence-corrected chi connectivity index (χ1v) is 10.9. The van der Waals surface area contributed by atoms with Crippen molar-refractivity contribution in [2.45, 2.75) is 13.5 Å². The number of anilines is 1. The molecule has 182 valence electrons. The third kappa shape index (κ3) is 5.98. The highest BCUT2D eigenvalue weighted by atomic mass is 35.5. The number of fused-ring (bicyclic) bond motifs is 1. The van der Waals surface area contributed by atoms with Crippen molar-refractivity contribution in [2.24, 2.45) is 7.05 Å². The van der Waals surface area contributed by atoms with Gasteiger partial charge < -0.3 is 24.3 Å². The Morgan fingerprint density at radius 3 is 2.35 bits per heavy atom. The maximum absolute atomic E-state index is 12.3. The summed E-state index contributed by atoms with van der Waals surface area (Å²) in [5.74, 6) is 2.16. The molecule has 1 aliphatic rings. The Morgan fingerprint density at radius 1 is 1.03 bits per heavy atom. The topological polar surface area (TPSA) is 88.9 Å². The molecular weight excluding hydrogens is 458 g/mol. The van der Waals surface area contributed by atoms with Crippen molar-refractivity contribution in [3.8, 4) is 11.5 Å². The van der Waals surface area contributed by atoms with E-state index in [1.165, 1.54) is 0 Å². The van der Waals surface area contributed by atoms with Gasteiger partial charge in [-0.25, -0.2) is 4.98 Å². The number of nitrogens with zero attached hydrogens (tertiary/aromatic N) is 4. The van der Waals surface area contributed by atoms with Crippen LogP contribution < -0.4 is 14.8 Å². The largest absolute Gasteiger partial charge is 0.497 e. The first kappa shape index (κ1) is 25.3. The fourth-order valence-electron chi connectivity index (χ4n) is 3.91. The monoisotopic (exact) mass is 487 g/mol. The van der Waals surface area contributed by atoms with E-state index in [-0.39, 0.29) is 30.8 Å². The molecule has 3 aromatic rings. The van der Waals surface area contributed by atoms with Gasteiger partial charge in [0.15, 0.2) is 6.61 Å². The third-order valence-corrected chi connectivity index (χ3v) is 5.87. The molecule has 2 heterocycles. The maximum atomic E-state index is 12.3. The second kappa shape index (κ2) is 11.2. The zero-order chi connectivity index (χ0) is 23.4. The summed E-state index contributed by atoms with van der Waals surface area (Å²) in [6.07, 6.45) is 0. The van der Waals surface area contributed by atoms with E-state index < -0.39 is 0 Å². The number of amides is 2. The summed E-state index contributed by atoms with van der Waals surface area (Å²) in [4.78, 5) is 32.8. The Hall–Kier alpha value is -3.30. The van der Waals surface area contributed by atoms with Gasteiger partial charge in [-0.05, 0) is 42.5 Å². The number of rotatable bonds is 7. The Bertz CT molecular complexity index is 1140. The highest BCUT2D eigenvalue weighted by molar-refractivity contribution is 5.94. The first-order valence-electron chi connectivity index (χ1n) is 10.9. The minimum absolute atomic E-state index is 0. The zero-order valence-electron chi connectivity index (χ0n) is 19.6. The molecule has 0 atom stereocenters. The Morgan fingerprint density at radius 2 is 1.71 bits per heavy atom. The summed E-state index contributed by atoms with van der Waals surface area (Å²) in [6, 6.07) is 12.8. The molecule has 2 amide bonds. The van der Waals surface area contributed by atoms with Crippen LogP contribution in [0.3, 0.4) is 0 Å². The van der Waals surface area contributed by atoms with Crippen LogP contribution in [0.4, 0.5) is 5.69 Å². The Labute approximate surface area is 205 Å². The molecule has 1 N–H and O–H groups in total. The molecule has 1 fully saturated rings. The number of piperazine rings is 1. The minimum Gasteiger partial charge on any atom is -0.497 e. The summed E-state index contributed by atoms with van der Waals surface area (Å²) in [5.41, 5.74) is 2.49. The summed E-state index contributed by atoms with van der Waals surface area (Å²) < 4.78 is 12.7. The van der Waals surface area contributed by atoms with Gasteiger partial charge in [0, 0.05) is 45.8 Å². The molecule has 0 aliphatic carbocycles. The smallest absolute Gasteiger partial charge is 0.262 e. The number of hydrogen-bond donors (Lipinski definition) is 1. The van der Waals surface area contributed by atoms with E-state index in [0.29, 0.717) is 18.0 Å². The highest BCUT2D eigenvalue weighted by Gasteiger charge is 2.20. The van der Waals surface area contributed by atoms with Crippen molar-refractivity contribution < 1.29 is 19.1 Å². The number of methoxy groups -OCH3 is 1. The van der Waals surface area contributed by atoms with Crippen LogP contribution in [0.25, 0.3) is 11.0 Å². The summed E-state index contributed by atoms with van der Waals surface area (Å²) >= 11 is 0. The molecule has 0 saturated carbocycles. The number of halogens is 1. The number of aryl methyl sites for hydroxylation is 1. The van der Waals surface area contributed by atoms with Gasteiger partial charge in [-0.1, -0.05) is 0 Å². The van der Waals surface area contributed by atoms with E-state index in [9.17, 15) is 9.59 Å². The molecule has 4 rings (SSSR count). The van der Waals surface area contributed by atoms with E-state index in [2.05, 4.69) is 14.8 Å². The molecule has 9 nitrogen and oxygen atoms in total. The predicted molar refractivity (Wildman–Crippen MR) is 133 cm³/mol. The van der Waals surface area contributed by atoms with Crippen molar-refractivity contribution in [1.82, 2.24) is 19.4 Å². The van der Waals surface area contributed by atoms with Crippen LogP contribution in [0.2, 0.25) is 0 Å². The Kier molecular flexibility index (Phi) is 8.36. The van der Waals surface area contributed by atoms with Crippen LogP contribution in [0.1, 0.15) is 12.7 Å². The number of nitrogens with one attached hydrogen (secondary N) is 1. The van der Waals surface area contributed by atoms with Crippen LogP contribution in [0, 0.1) is 0 Å². The number of benzene rings is 2. The first-order chi connectivity index (χ1) is 15.9. The highest BCUT2D eigenvalue weighted by Crippen LogP contribution is 2.21. The van der Waals surface area contributed by atoms with Crippen molar-refractivity contribution in [1.29, 1.82) is 0 Å². The van der Waals surface area contributed by atoms with Crippen molar-refractivity contribution in [3.05, 3.63) is 48.3 Å². The fraction of sp³-hybridized carbons (Fsp3) is 0.375. The standard InChI is InChI=1S/C24H29N5O4.ClH/c1-17(30)29-12-10-28(11-13-29)15-23-26-21-14-18(4-9-22(21)27(23)2)25-24(31)16-33-20-7-5-19(32-3)6-8-20;/h4-9,14H,10-13,15-16H2,1-3H3,(H,25,31);1H. The molecule has 0 radical (unpaired) electrons. The summed E-state index contributed by atoms with van der Waals surface area (Å²) in [5, 5.41) is 2.87. The average molecular weight is 488 g/mol. The zero-order valence-corrected chi connectivity index (χ0v) is 20.4. The lowest BCUT2D eigenvalue weighted by atomic mass is 10.2. The van der Waals surface area contributed by atoms with Gasteiger partial charge in [-0.15, -0.1) is 12.4 Å². The second-order valence-electron chi connectivity index (χ2n) is 8.09. The number of carbonyl (C=O) groups excluding carboxylic acids is 2. The van der Waals surface area contributed by atoms with Gasteiger partial charge in [-0.2, -0.15) is 0 Å². The molecule has 34 heavy (non-hydrogen) atoms. The van der Waals surface area contributed by atoms with Crippen LogP contribution in [0.5, 0.6) is 11.5 Å². The van der Waals surface area contributed by atoms with Gasteiger partial charge in [0.25, 0.3) is 5.91 Å². The normalized spacial score (nSPS) is 13.9. The average Bonchev–Trinajstić information content (AvgIpc) is 3.12. The van der Waals surface area contributed by atoms with Crippen LogP contribution in [0.15, 0.2) is 42.5 Å². The molecular formula is C24H30ClN5O4. The van der Waals surface area contributed by atoms with Crippen LogP contribution in [-0.2, 0) is 23.2 Å².